The molecular formula is C18H17ClN4OS. The van der Waals surface area contributed by atoms with E-state index in [9.17, 15) is 4.79 Å². The monoisotopic (exact) mass is 372 g/mol. The zero-order chi connectivity index (χ0) is 17.8. The third-order valence-corrected chi connectivity index (χ3v) is 4.40. The number of benzene rings is 2. The lowest BCUT2D eigenvalue weighted by Crippen LogP contribution is -2.30. The van der Waals surface area contributed by atoms with Crippen LogP contribution in [0.1, 0.15) is 18.5 Å². The fourth-order valence-corrected chi connectivity index (χ4v) is 2.86. The van der Waals surface area contributed by atoms with Crippen LogP contribution in [0.5, 0.6) is 0 Å². The van der Waals surface area contributed by atoms with Gasteiger partial charge in [0.25, 0.3) is 0 Å². The number of nitrogens with zero attached hydrogens (tertiary/aromatic N) is 2. The molecular weight excluding hydrogens is 356 g/mol. The van der Waals surface area contributed by atoms with Gasteiger partial charge in [-0.15, -0.1) is 0 Å². The number of rotatable bonds is 5. The molecule has 128 valence electrons. The maximum absolute atomic E-state index is 12.4. The minimum atomic E-state index is -0.135. The van der Waals surface area contributed by atoms with Gasteiger partial charge < -0.3 is 5.32 Å². The number of nitrogens with one attached hydrogen (secondary N) is 2. The van der Waals surface area contributed by atoms with Gasteiger partial charge in [-0.3, -0.25) is 14.5 Å². The first-order valence-corrected chi connectivity index (χ1v) is 8.58. The van der Waals surface area contributed by atoms with E-state index in [2.05, 4.69) is 15.5 Å². The van der Waals surface area contributed by atoms with Crippen molar-refractivity contribution in [2.45, 2.75) is 19.5 Å². The van der Waals surface area contributed by atoms with E-state index in [1.165, 1.54) is 0 Å². The fraction of sp³-hybridized carbons (Fsp3) is 0.167. The van der Waals surface area contributed by atoms with Crippen LogP contribution in [0, 0.1) is 4.77 Å². The summed E-state index contributed by atoms with van der Waals surface area (Å²) in [7, 11) is 0. The molecule has 3 aromatic rings. The molecule has 0 saturated heterocycles. The first-order valence-electron chi connectivity index (χ1n) is 7.80. The molecule has 1 atom stereocenters. The highest BCUT2D eigenvalue weighted by atomic mass is 35.5. The van der Waals surface area contributed by atoms with Crippen molar-refractivity contribution in [3.8, 4) is 11.4 Å². The molecule has 0 aliphatic carbocycles. The zero-order valence-corrected chi connectivity index (χ0v) is 15.1. The molecule has 7 heteroatoms. The molecule has 0 bridgehead atoms. The first-order chi connectivity index (χ1) is 12.0. The van der Waals surface area contributed by atoms with Crippen LogP contribution in [-0.2, 0) is 11.3 Å². The number of hydrogen-bond donors (Lipinski definition) is 2. The highest BCUT2D eigenvalue weighted by molar-refractivity contribution is 7.71. The maximum atomic E-state index is 12.4. The Morgan fingerprint density at radius 2 is 1.92 bits per heavy atom. The molecule has 2 aromatic carbocycles. The van der Waals surface area contributed by atoms with Crippen LogP contribution >= 0.6 is 23.8 Å². The molecule has 0 aliphatic rings. The topological polar surface area (TPSA) is 62.7 Å². The molecule has 25 heavy (non-hydrogen) atoms. The Kier molecular flexibility index (Phi) is 5.31. The zero-order valence-electron chi connectivity index (χ0n) is 13.6. The molecule has 5 nitrogen and oxygen atoms in total. The second kappa shape index (κ2) is 7.63. The van der Waals surface area contributed by atoms with Crippen molar-refractivity contribution in [1.29, 1.82) is 0 Å². The van der Waals surface area contributed by atoms with Crippen LogP contribution in [0.25, 0.3) is 11.4 Å². The van der Waals surface area contributed by atoms with E-state index in [0.29, 0.717) is 15.6 Å². The van der Waals surface area contributed by atoms with E-state index in [4.69, 9.17) is 23.8 Å². The number of H-pyrrole nitrogens is 1. The maximum Gasteiger partial charge on any atom is 0.240 e. The van der Waals surface area contributed by atoms with Gasteiger partial charge >= 0.3 is 0 Å². The number of halogens is 1. The summed E-state index contributed by atoms with van der Waals surface area (Å²) in [5.74, 6) is 0.466. The van der Waals surface area contributed by atoms with Crippen molar-refractivity contribution in [2.75, 3.05) is 0 Å². The molecule has 0 aliphatic heterocycles. The predicted octanol–water partition coefficient (Wildman–Crippen LogP) is 4.14. The van der Waals surface area contributed by atoms with E-state index >= 15 is 0 Å². The second-order valence-electron chi connectivity index (χ2n) is 5.65. The average molecular weight is 373 g/mol. The smallest absolute Gasteiger partial charge is 0.240 e. The minimum absolute atomic E-state index is 0.0878. The molecule has 3 rings (SSSR count). The number of aromatic nitrogens is 3. The van der Waals surface area contributed by atoms with Gasteiger partial charge in [0.15, 0.2) is 10.6 Å². The normalized spacial score (nSPS) is 11.9. The SMILES string of the molecule is C[C@@H](NC(=O)Cn1c(-c2ccc(Cl)cc2)n[nH]c1=S)c1ccccc1. The lowest BCUT2D eigenvalue weighted by Gasteiger charge is -2.15. The van der Waals surface area contributed by atoms with Crippen LogP contribution in [0.2, 0.25) is 5.02 Å². The highest BCUT2D eigenvalue weighted by Crippen LogP contribution is 2.20. The van der Waals surface area contributed by atoms with Gasteiger partial charge in [-0.2, -0.15) is 5.10 Å². The van der Waals surface area contributed by atoms with E-state index in [1.807, 2.05) is 49.4 Å². The van der Waals surface area contributed by atoms with Crippen molar-refractivity contribution < 1.29 is 4.79 Å². The molecule has 0 unspecified atom stereocenters. The highest BCUT2D eigenvalue weighted by Gasteiger charge is 2.14. The Labute approximate surface area is 155 Å². The van der Waals surface area contributed by atoms with E-state index in [0.717, 1.165) is 11.1 Å². The van der Waals surface area contributed by atoms with Gasteiger partial charge in [-0.25, -0.2) is 0 Å². The van der Waals surface area contributed by atoms with Crippen LogP contribution in [0.4, 0.5) is 0 Å². The Morgan fingerprint density at radius 3 is 2.60 bits per heavy atom. The molecule has 1 aromatic heterocycles. The fourth-order valence-electron chi connectivity index (χ4n) is 2.54. The molecule has 1 amide bonds. The average Bonchev–Trinajstić information content (AvgIpc) is 2.97. The Balaban J connectivity index is 1.77. The summed E-state index contributed by atoms with van der Waals surface area (Å²) in [6, 6.07) is 16.9. The second-order valence-corrected chi connectivity index (χ2v) is 6.47. The summed E-state index contributed by atoms with van der Waals surface area (Å²) in [4.78, 5) is 12.4. The number of amides is 1. The Hall–Kier alpha value is -2.44. The first kappa shape index (κ1) is 17.4. The number of aromatic amines is 1. The summed E-state index contributed by atoms with van der Waals surface area (Å²) in [5, 5.41) is 10.6. The van der Waals surface area contributed by atoms with E-state index in [1.54, 1.807) is 16.7 Å². The van der Waals surface area contributed by atoms with Gasteiger partial charge in [-0.05, 0) is 49.0 Å². The van der Waals surface area contributed by atoms with Gasteiger partial charge in [0.2, 0.25) is 5.91 Å². The van der Waals surface area contributed by atoms with Gasteiger partial charge in [0.1, 0.15) is 6.54 Å². The van der Waals surface area contributed by atoms with Crippen LogP contribution < -0.4 is 5.32 Å². The van der Waals surface area contributed by atoms with Crippen molar-refractivity contribution in [3.05, 3.63) is 70.0 Å². The molecule has 0 spiro atoms. The molecule has 0 radical (unpaired) electrons. The quantitative estimate of drug-likeness (QED) is 0.661. The van der Waals surface area contributed by atoms with E-state index in [-0.39, 0.29) is 18.5 Å². The van der Waals surface area contributed by atoms with Crippen LogP contribution in [0.15, 0.2) is 54.6 Å². The minimum Gasteiger partial charge on any atom is -0.348 e. The summed E-state index contributed by atoms with van der Waals surface area (Å²) in [5.41, 5.74) is 1.88. The van der Waals surface area contributed by atoms with Crippen LogP contribution in [0.3, 0.4) is 0 Å². The molecule has 2 N–H and O–H groups in total. The number of hydrogen-bond acceptors (Lipinski definition) is 3. The van der Waals surface area contributed by atoms with Gasteiger partial charge in [-0.1, -0.05) is 41.9 Å². The summed E-state index contributed by atoms with van der Waals surface area (Å²) in [6.07, 6.45) is 0. The van der Waals surface area contributed by atoms with Crippen molar-refractivity contribution in [2.24, 2.45) is 0 Å². The van der Waals surface area contributed by atoms with Gasteiger partial charge in [0.05, 0.1) is 6.04 Å². The predicted molar refractivity (Wildman–Crippen MR) is 101 cm³/mol. The number of carbonyl (C=O) groups is 1. The molecule has 1 heterocycles. The molecule has 0 fully saturated rings. The van der Waals surface area contributed by atoms with E-state index < -0.39 is 0 Å². The van der Waals surface area contributed by atoms with Crippen molar-refractivity contribution >= 4 is 29.7 Å². The van der Waals surface area contributed by atoms with Crippen LogP contribution in [-0.4, -0.2) is 20.7 Å². The lowest BCUT2D eigenvalue weighted by molar-refractivity contribution is -0.122. The standard InChI is InChI=1S/C18H17ClN4OS/c1-12(13-5-3-2-4-6-13)20-16(24)11-23-17(21-22-18(23)25)14-7-9-15(19)10-8-14/h2-10,12H,11H2,1H3,(H,20,24)(H,22,25)/t12-/m1/s1. The van der Waals surface area contributed by atoms with Crippen molar-refractivity contribution in [1.82, 2.24) is 20.1 Å². The summed E-state index contributed by atoms with van der Waals surface area (Å²) in [6.45, 7) is 2.03. The summed E-state index contributed by atoms with van der Waals surface area (Å²) >= 11 is 11.2. The summed E-state index contributed by atoms with van der Waals surface area (Å²) < 4.78 is 2.07. The largest absolute Gasteiger partial charge is 0.348 e. The van der Waals surface area contributed by atoms with Gasteiger partial charge in [0, 0.05) is 10.6 Å². The third-order valence-electron chi connectivity index (χ3n) is 3.84. The third kappa shape index (κ3) is 4.15. The Morgan fingerprint density at radius 1 is 1.24 bits per heavy atom. The number of carbonyl (C=O) groups excluding carboxylic acids is 1. The Bertz CT molecular complexity index is 918. The molecule has 0 saturated carbocycles. The lowest BCUT2D eigenvalue weighted by atomic mass is 10.1. The van der Waals surface area contributed by atoms with Crippen molar-refractivity contribution in [3.63, 3.8) is 0 Å².